The molecule has 2 heterocycles. The SMILES string of the molecule is COc1ccc(N(C(=O)[C@@H]2COc3ccccc3O2)[C@@H](C(=O)NC2CCCCC2)c2ccc(C)o2)cc1. The molecule has 0 saturated heterocycles. The van der Waals surface area contributed by atoms with Crippen molar-refractivity contribution < 1.29 is 28.2 Å². The molecule has 2 amide bonds. The van der Waals surface area contributed by atoms with Gasteiger partial charge in [0, 0.05) is 11.7 Å². The summed E-state index contributed by atoms with van der Waals surface area (Å²) in [5.74, 6) is 2.04. The number of nitrogens with one attached hydrogen (secondary N) is 1. The summed E-state index contributed by atoms with van der Waals surface area (Å²) in [6.45, 7) is 1.84. The molecule has 1 aliphatic carbocycles. The monoisotopic (exact) mass is 504 g/mol. The molecular formula is C29H32N2O6. The zero-order chi connectivity index (χ0) is 25.8. The number of para-hydroxylation sites is 2. The highest BCUT2D eigenvalue weighted by Gasteiger charge is 2.41. The molecule has 3 aromatic rings. The summed E-state index contributed by atoms with van der Waals surface area (Å²) < 4.78 is 23.2. The zero-order valence-electron chi connectivity index (χ0n) is 21.1. The summed E-state index contributed by atoms with van der Waals surface area (Å²) in [5, 5.41) is 3.18. The van der Waals surface area contributed by atoms with Gasteiger partial charge in [0.25, 0.3) is 11.8 Å². The highest BCUT2D eigenvalue weighted by Crippen LogP contribution is 2.35. The molecule has 194 valence electrons. The van der Waals surface area contributed by atoms with Crippen molar-refractivity contribution in [2.24, 2.45) is 0 Å². The highest BCUT2D eigenvalue weighted by molar-refractivity contribution is 6.03. The minimum Gasteiger partial charge on any atom is -0.497 e. The van der Waals surface area contributed by atoms with Crippen LogP contribution in [0.15, 0.2) is 65.1 Å². The number of anilines is 1. The average molecular weight is 505 g/mol. The predicted octanol–water partition coefficient (Wildman–Crippen LogP) is 4.96. The van der Waals surface area contributed by atoms with Gasteiger partial charge < -0.3 is 23.9 Å². The van der Waals surface area contributed by atoms with Crippen LogP contribution in [0.25, 0.3) is 0 Å². The maximum atomic E-state index is 14.1. The van der Waals surface area contributed by atoms with Crippen LogP contribution in [0.4, 0.5) is 5.69 Å². The van der Waals surface area contributed by atoms with Gasteiger partial charge in [-0.1, -0.05) is 31.4 Å². The minimum absolute atomic E-state index is 0.0245. The van der Waals surface area contributed by atoms with E-state index in [1.165, 1.54) is 11.3 Å². The Morgan fingerprint density at radius 1 is 0.973 bits per heavy atom. The molecule has 1 fully saturated rings. The van der Waals surface area contributed by atoms with Crippen molar-refractivity contribution in [2.75, 3.05) is 18.6 Å². The van der Waals surface area contributed by atoms with Crippen LogP contribution in [-0.2, 0) is 9.59 Å². The third kappa shape index (κ3) is 5.43. The molecule has 8 heteroatoms. The summed E-state index contributed by atoms with van der Waals surface area (Å²) in [6, 6.07) is 16.8. The quantitative estimate of drug-likeness (QED) is 0.489. The number of carbonyl (C=O) groups excluding carboxylic acids is 2. The van der Waals surface area contributed by atoms with Gasteiger partial charge in [0.15, 0.2) is 17.5 Å². The summed E-state index contributed by atoms with van der Waals surface area (Å²) in [6.07, 6.45) is 4.21. The van der Waals surface area contributed by atoms with Gasteiger partial charge in [0.2, 0.25) is 6.10 Å². The zero-order valence-corrected chi connectivity index (χ0v) is 21.1. The van der Waals surface area contributed by atoms with Crippen molar-refractivity contribution >= 4 is 17.5 Å². The number of fused-ring (bicyclic) bond motifs is 1. The molecule has 1 saturated carbocycles. The smallest absolute Gasteiger partial charge is 0.272 e. The van der Waals surface area contributed by atoms with E-state index in [2.05, 4.69) is 5.32 Å². The van der Waals surface area contributed by atoms with Crippen molar-refractivity contribution in [3.05, 3.63) is 72.2 Å². The topological polar surface area (TPSA) is 90.2 Å². The van der Waals surface area contributed by atoms with Gasteiger partial charge in [0.1, 0.15) is 23.9 Å². The van der Waals surface area contributed by atoms with Gasteiger partial charge in [-0.25, -0.2) is 0 Å². The van der Waals surface area contributed by atoms with E-state index in [-0.39, 0.29) is 18.6 Å². The number of furan rings is 1. The van der Waals surface area contributed by atoms with Crippen molar-refractivity contribution in [1.29, 1.82) is 0 Å². The van der Waals surface area contributed by atoms with E-state index in [1.807, 2.05) is 19.1 Å². The maximum Gasteiger partial charge on any atom is 0.272 e. The Kier molecular flexibility index (Phi) is 7.35. The number of benzene rings is 2. The van der Waals surface area contributed by atoms with Crippen molar-refractivity contribution in [2.45, 2.75) is 57.2 Å². The predicted molar refractivity (Wildman–Crippen MR) is 138 cm³/mol. The average Bonchev–Trinajstić information content (AvgIpc) is 3.37. The fraction of sp³-hybridized carbons (Fsp3) is 0.379. The fourth-order valence-electron chi connectivity index (χ4n) is 4.94. The third-order valence-corrected chi connectivity index (χ3v) is 6.86. The van der Waals surface area contributed by atoms with E-state index in [9.17, 15) is 9.59 Å². The first kappa shape index (κ1) is 24.7. The summed E-state index contributed by atoms with van der Waals surface area (Å²) in [7, 11) is 1.58. The number of nitrogens with zero attached hydrogens (tertiary/aromatic N) is 1. The molecule has 2 aliphatic rings. The van der Waals surface area contributed by atoms with Gasteiger partial charge in [-0.3, -0.25) is 14.5 Å². The van der Waals surface area contributed by atoms with E-state index in [4.69, 9.17) is 18.6 Å². The van der Waals surface area contributed by atoms with Gasteiger partial charge in [-0.15, -0.1) is 0 Å². The fourth-order valence-corrected chi connectivity index (χ4v) is 4.94. The number of aryl methyl sites for hydroxylation is 1. The molecule has 2 aromatic carbocycles. The molecule has 1 N–H and O–H groups in total. The normalized spacial score (nSPS) is 18.1. The Morgan fingerprint density at radius 3 is 2.38 bits per heavy atom. The van der Waals surface area contributed by atoms with Crippen molar-refractivity contribution in [3.8, 4) is 17.2 Å². The number of ether oxygens (including phenoxy) is 3. The Hall–Kier alpha value is -3.94. The molecule has 0 radical (unpaired) electrons. The number of hydrogen-bond acceptors (Lipinski definition) is 6. The van der Waals surface area contributed by atoms with E-state index < -0.39 is 18.1 Å². The lowest BCUT2D eigenvalue weighted by atomic mass is 9.95. The number of carbonyl (C=O) groups is 2. The van der Waals surface area contributed by atoms with E-state index in [1.54, 1.807) is 55.6 Å². The Bertz CT molecular complexity index is 1230. The van der Waals surface area contributed by atoms with Crippen LogP contribution in [0.5, 0.6) is 17.2 Å². The van der Waals surface area contributed by atoms with Gasteiger partial charge in [-0.2, -0.15) is 0 Å². The lowest BCUT2D eigenvalue weighted by Crippen LogP contribution is -2.52. The molecular weight excluding hydrogens is 472 g/mol. The van der Waals surface area contributed by atoms with E-state index in [0.717, 1.165) is 25.7 Å². The van der Waals surface area contributed by atoms with Crippen LogP contribution in [0.3, 0.4) is 0 Å². The molecule has 1 aromatic heterocycles. The Morgan fingerprint density at radius 2 is 1.70 bits per heavy atom. The van der Waals surface area contributed by atoms with Gasteiger partial charge >= 0.3 is 0 Å². The van der Waals surface area contributed by atoms with Gasteiger partial charge in [-0.05, 0) is 68.3 Å². The van der Waals surface area contributed by atoms with Crippen LogP contribution < -0.4 is 24.4 Å². The number of rotatable bonds is 7. The first-order chi connectivity index (χ1) is 18.0. The van der Waals surface area contributed by atoms with E-state index >= 15 is 0 Å². The number of hydrogen-bond donors (Lipinski definition) is 1. The second-order valence-electron chi connectivity index (χ2n) is 9.46. The molecule has 0 unspecified atom stereocenters. The van der Waals surface area contributed by atoms with Crippen molar-refractivity contribution in [3.63, 3.8) is 0 Å². The molecule has 0 spiro atoms. The lowest BCUT2D eigenvalue weighted by Gasteiger charge is -2.35. The Labute approximate surface area is 216 Å². The van der Waals surface area contributed by atoms with Crippen LogP contribution in [0, 0.1) is 6.92 Å². The van der Waals surface area contributed by atoms with Crippen LogP contribution in [-0.4, -0.2) is 37.7 Å². The molecule has 2 atom stereocenters. The molecule has 37 heavy (non-hydrogen) atoms. The highest BCUT2D eigenvalue weighted by atomic mass is 16.6. The van der Waals surface area contributed by atoms with Crippen LogP contribution in [0.1, 0.15) is 49.7 Å². The lowest BCUT2D eigenvalue weighted by molar-refractivity contribution is -0.132. The number of amides is 2. The second-order valence-corrected chi connectivity index (χ2v) is 9.46. The van der Waals surface area contributed by atoms with Crippen LogP contribution >= 0.6 is 0 Å². The number of methoxy groups -OCH3 is 1. The molecule has 1 aliphatic heterocycles. The van der Waals surface area contributed by atoms with E-state index in [0.29, 0.717) is 34.5 Å². The van der Waals surface area contributed by atoms with Crippen LogP contribution in [0.2, 0.25) is 0 Å². The molecule has 0 bridgehead atoms. The van der Waals surface area contributed by atoms with Crippen molar-refractivity contribution in [1.82, 2.24) is 5.32 Å². The first-order valence-electron chi connectivity index (χ1n) is 12.8. The second kappa shape index (κ2) is 11.0. The third-order valence-electron chi connectivity index (χ3n) is 6.86. The standard InChI is InChI=1S/C29H32N2O6/c1-19-12-17-25(36-19)27(28(32)30-20-8-4-3-5-9-20)31(21-13-15-22(34-2)16-14-21)29(33)26-18-35-23-10-6-7-11-24(23)37-26/h6-7,10-17,20,26-27H,3-5,8-9,18H2,1-2H3,(H,30,32)/t26-,27+/m0/s1. The Balaban J connectivity index is 1.52. The summed E-state index contributed by atoms with van der Waals surface area (Å²) in [4.78, 5) is 29.5. The summed E-state index contributed by atoms with van der Waals surface area (Å²) >= 11 is 0. The maximum absolute atomic E-state index is 14.1. The largest absolute Gasteiger partial charge is 0.497 e. The first-order valence-corrected chi connectivity index (χ1v) is 12.8. The molecule has 8 nitrogen and oxygen atoms in total. The summed E-state index contributed by atoms with van der Waals surface area (Å²) in [5.41, 5.74) is 0.520. The minimum atomic E-state index is -1.03. The molecule has 5 rings (SSSR count). The van der Waals surface area contributed by atoms with Gasteiger partial charge in [0.05, 0.1) is 7.11 Å².